The summed E-state index contributed by atoms with van der Waals surface area (Å²) in [4.78, 5) is 76.9. The number of fused-ring (bicyclic) bond motifs is 10. The number of carboxylic acid groups (broad SMARTS) is 1. The van der Waals surface area contributed by atoms with Gasteiger partial charge in [0.2, 0.25) is 0 Å². The number of esters is 1. The van der Waals surface area contributed by atoms with E-state index in [0.29, 0.717) is 54.3 Å². The summed E-state index contributed by atoms with van der Waals surface area (Å²) in [5.74, 6) is 2.35. The van der Waals surface area contributed by atoms with E-state index in [9.17, 15) is 24.3 Å². The molecule has 2 N–H and O–H groups in total. The van der Waals surface area contributed by atoms with E-state index in [1.165, 1.54) is 130 Å². The summed E-state index contributed by atoms with van der Waals surface area (Å²) in [6.45, 7) is 2.10. The van der Waals surface area contributed by atoms with Gasteiger partial charge in [0, 0.05) is 61.2 Å². The van der Waals surface area contributed by atoms with Gasteiger partial charge in [-0.25, -0.2) is 9.97 Å². The molecule has 17 nitrogen and oxygen atoms in total. The maximum atomic E-state index is 14.2. The van der Waals surface area contributed by atoms with E-state index in [0.717, 1.165) is 71.4 Å². The van der Waals surface area contributed by atoms with Gasteiger partial charge in [0.25, 0.3) is 11.1 Å². The predicted octanol–water partition coefficient (Wildman–Crippen LogP) is 7.58. The van der Waals surface area contributed by atoms with Crippen LogP contribution in [0.5, 0.6) is 0 Å². The molecule has 12 rings (SSSR count). The first-order valence-electron chi connectivity index (χ1n) is 30.2. The van der Waals surface area contributed by atoms with Crippen molar-refractivity contribution in [1.82, 2.24) is 28.9 Å². The second-order valence-electron chi connectivity index (χ2n) is 24.6. The number of benzene rings is 2. The van der Waals surface area contributed by atoms with Crippen molar-refractivity contribution in [1.29, 1.82) is 0 Å². The fourth-order valence-electron chi connectivity index (χ4n) is 16.9. The second-order valence-corrected chi connectivity index (χ2v) is 24.6. The van der Waals surface area contributed by atoms with Crippen LogP contribution in [0.3, 0.4) is 0 Å². The van der Waals surface area contributed by atoms with Crippen LogP contribution in [0.25, 0.3) is 22.1 Å². The predicted molar refractivity (Wildman–Crippen MR) is 304 cm³/mol. The topological polar surface area (TPSA) is 213 Å². The van der Waals surface area contributed by atoms with Crippen LogP contribution in [0.2, 0.25) is 0 Å². The summed E-state index contributed by atoms with van der Waals surface area (Å²) in [6, 6.07) is 19.4. The Morgan fingerprint density at radius 3 is 1.26 bits per heavy atom. The molecular formula is C62H85N8NaO9. The summed E-state index contributed by atoms with van der Waals surface area (Å²) in [7, 11) is 2.87. The van der Waals surface area contributed by atoms with Crippen LogP contribution in [0.1, 0.15) is 197 Å². The van der Waals surface area contributed by atoms with E-state index in [1.807, 2.05) is 57.7 Å². The number of hydrogen-bond donors (Lipinski definition) is 1. The number of nitrogens with zero attached hydrogens (tertiary/aromatic N) is 8. The molecule has 8 fully saturated rings. The van der Waals surface area contributed by atoms with Crippen molar-refractivity contribution in [2.24, 2.45) is 34.0 Å². The number of ether oxygens (including phenoxy) is 1. The number of aromatic nitrogens is 4. The molecule has 2 aromatic heterocycles. The summed E-state index contributed by atoms with van der Waals surface area (Å²) in [6.07, 6.45) is 28.8. The van der Waals surface area contributed by atoms with E-state index < -0.39 is 5.97 Å². The van der Waals surface area contributed by atoms with E-state index in [4.69, 9.17) is 19.4 Å². The fraction of sp³-hybridized carbons (Fsp3) is 0.677. The first-order valence-corrected chi connectivity index (χ1v) is 30.2. The Morgan fingerprint density at radius 1 is 0.525 bits per heavy atom. The maximum absolute atomic E-state index is 14.2. The van der Waals surface area contributed by atoms with Gasteiger partial charge in [-0.15, -0.1) is 0 Å². The average Bonchev–Trinajstić information content (AvgIpc) is 3.80. The molecule has 0 spiro atoms. The molecule has 8 aliphatic rings. The van der Waals surface area contributed by atoms with Crippen LogP contribution in [0.15, 0.2) is 68.4 Å². The molecule has 4 aliphatic carbocycles. The van der Waals surface area contributed by atoms with Gasteiger partial charge in [-0.1, -0.05) is 85.9 Å². The van der Waals surface area contributed by atoms with E-state index in [2.05, 4.69) is 25.1 Å². The number of oxime groups is 2. The van der Waals surface area contributed by atoms with Crippen molar-refractivity contribution in [3.8, 4) is 0 Å². The van der Waals surface area contributed by atoms with E-state index in [-0.39, 0.29) is 101 Å². The molecule has 0 radical (unpaired) electrons. The van der Waals surface area contributed by atoms with E-state index in [1.54, 1.807) is 6.92 Å². The third kappa shape index (κ3) is 13.0. The first-order chi connectivity index (χ1) is 38.1. The minimum atomic E-state index is -0.943. The molecule has 4 saturated carbocycles. The molecule has 2 aromatic carbocycles. The molecule has 8 bridgehead atoms. The molecule has 80 heavy (non-hydrogen) atoms. The van der Waals surface area contributed by atoms with Gasteiger partial charge < -0.3 is 34.1 Å². The van der Waals surface area contributed by atoms with Gasteiger partial charge in [-0.3, -0.25) is 29.0 Å². The number of piperidine rings is 2. The van der Waals surface area contributed by atoms with Gasteiger partial charge in [-0.05, 0) is 145 Å². The van der Waals surface area contributed by atoms with E-state index >= 15 is 0 Å². The van der Waals surface area contributed by atoms with Crippen molar-refractivity contribution in [3.63, 3.8) is 0 Å². The van der Waals surface area contributed by atoms with Crippen LogP contribution in [0, 0.1) is 23.7 Å². The zero-order chi connectivity index (χ0) is 53.9. The number of rotatable bonds is 15. The zero-order valence-corrected chi connectivity index (χ0v) is 50.0. The molecular weight excluding hydrogens is 1020 g/mol. The Bertz CT molecular complexity index is 2930. The molecule has 4 aromatic rings. The molecule has 4 saturated heterocycles. The summed E-state index contributed by atoms with van der Waals surface area (Å²) >= 11 is 0. The van der Waals surface area contributed by atoms with Gasteiger partial charge in [0.05, 0.1) is 41.5 Å². The largest absolute Gasteiger partial charge is 1.00 e. The van der Waals surface area contributed by atoms with Crippen LogP contribution < -0.4 is 40.7 Å². The summed E-state index contributed by atoms with van der Waals surface area (Å²) in [5.41, 5.74) is 4.06. The monoisotopic (exact) mass is 1110 g/mol. The van der Waals surface area contributed by atoms with Gasteiger partial charge in [0.15, 0.2) is 11.4 Å². The van der Waals surface area contributed by atoms with Crippen LogP contribution in [-0.4, -0.2) is 120 Å². The number of carboxylic acids is 1. The van der Waals surface area contributed by atoms with Crippen molar-refractivity contribution in [2.75, 3.05) is 20.8 Å². The van der Waals surface area contributed by atoms with Crippen LogP contribution in [0.4, 0.5) is 0 Å². The maximum Gasteiger partial charge on any atom is 1.00 e. The van der Waals surface area contributed by atoms with Gasteiger partial charge in [0.1, 0.15) is 25.6 Å². The number of carbonyl (C=O) groups excluding carboxylic acids is 1. The SMILES string of the molecule is CCOC(=O)CCC(=NOC)c1nc2ccccc2n(C2C[C@H]3CC[C@@H](C2)N3C2CC3CCCCC(C3)C2)c1=O.CON=C(CCC(=O)O)c1nc2ccccc2n(C2C[C@H]3CC[C@@H](C2)N3C2CC3CCCCC(C3)C2)c1=O.[Na+].[OH-]. The summed E-state index contributed by atoms with van der Waals surface area (Å²) < 4.78 is 9.05. The number of hydrogen-bond acceptors (Lipinski definition) is 14. The van der Waals surface area contributed by atoms with Crippen LogP contribution >= 0.6 is 0 Å². The zero-order valence-electron chi connectivity index (χ0n) is 48.0. The van der Waals surface area contributed by atoms with Crippen LogP contribution in [-0.2, 0) is 24.0 Å². The Morgan fingerprint density at radius 2 is 0.900 bits per heavy atom. The quantitative estimate of drug-likeness (QED) is 0.0527. The second kappa shape index (κ2) is 27.3. The Kier molecular flexibility index (Phi) is 20.5. The van der Waals surface area contributed by atoms with Crippen molar-refractivity contribution in [2.45, 2.75) is 222 Å². The fourth-order valence-corrected chi connectivity index (χ4v) is 16.9. The smallest absolute Gasteiger partial charge is 0.870 e. The van der Waals surface area contributed by atoms with Crippen molar-refractivity contribution in [3.05, 3.63) is 80.6 Å². The molecule has 10 atom stereocenters. The number of carbonyl (C=O) groups is 2. The molecule has 18 heteroatoms. The first kappa shape index (κ1) is 60.1. The van der Waals surface area contributed by atoms with Crippen molar-refractivity contribution >= 4 is 45.4 Å². The number of para-hydroxylation sites is 4. The van der Waals surface area contributed by atoms with Crippen molar-refractivity contribution < 1.29 is 64.1 Å². The number of aliphatic carboxylic acids is 1. The minimum absolute atomic E-state index is 0. The van der Waals surface area contributed by atoms with Gasteiger partial charge >= 0.3 is 41.5 Å². The normalized spacial score (nSPS) is 30.4. The summed E-state index contributed by atoms with van der Waals surface area (Å²) in [5, 5.41) is 17.4. The third-order valence-corrected chi connectivity index (χ3v) is 19.8. The molecule has 6 heterocycles. The minimum Gasteiger partial charge on any atom is -0.870 e. The van der Waals surface area contributed by atoms with Gasteiger partial charge in [-0.2, -0.15) is 0 Å². The Hall–Kier alpha value is -4.52. The molecule has 0 amide bonds. The molecule has 6 unspecified atom stereocenters. The molecule has 428 valence electrons. The Labute approximate surface area is 493 Å². The Balaban J connectivity index is 0.000000189. The average molecular weight is 1110 g/mol. The standard InChI is InChI=1S/C32H44N4O4.C30H40N4O4.Na.H2O/c1-3-40-30(37)15-14-28(34-39-2)31-32(38)36(29-11-7-6-10-27(29)33-31)26-19-23-12-13-24(20-26)35(23)25-17-21-8-4-5-9-22(16-21)18-25;1-38-32-26(12-13-28(35)36)29-30(37)34(27-9-5-4-8-25(27)31-29)24-17-21-10-11-22(18-24)33(21)23-15-19-6-2-3-7-20(14-19)16-23;;/h6-7,10-11,21-26H,3-5,8-9,12-20H2,1-2H3;4-5,8-9,19-24H,2-3,6-7,10-18H2,1H3,(H,35,36);;1H2/q;;+1;/p-1/t21?,22?,23-,24+,25?,26?;19?,20?,21-,22+,23?,24?;;. The third-order valence-electron chi connectivity index (χ3n) is 19.8. The molecule has 4 aliphatic heterocycles.